The summed E-state index contributed by atoms with van der Waals surface area (Å²) < 4.78 is 5.37. The minimum absolute atomic E-state index is 0.0706. The van der Waals surface area contributed by atoms with Crippen LogP contribution in [0.2, 0.25) is 0 Å². The molecular formula is C28H37N3O4S. The summed E-state index contributed by atoms with van der Waals surface area (Å²) in [6.45, 7) is 9.13. The zero-order chi connectivity index (χ0) is 26.5. The first kappa shape index (κ1) is 27.6. The Hall–Kier alpha value is -3.00. The lowest BCUT2D eigenvalue weighted by atomic mass is 9.87. The standard InChI is InChI=1S/C28H37N3O4S/c1-18-11-6-8-15-21(18)24(25(32)29-22-16-9-7-12-19(22)2)31(20-13-10-14-20)26(33)23(17-36)30-27(34)35-28(3,4)5/h6-9,11-12,15-16,20,23-24,36H,10,13-14,17H2,1-5H3,(H,29,32)(H,30,34). The van der Waals surface area contributed by atoms with Gasteiger partial charge in [0, 0.05) is 17.5 Å². The fourth-order valence-electron chi connectivity index (χ4n) is 4.22. The number of nitrogens with zero attached hydrogens (tertiary/aromatic N) is 1. The summed E-state index contributed by atoms with van der Waals surface area (Å²) in [6.07, 6.45) is 1.86. The molecule has 2 unspecified atom stereocenters. The summed E-state index contributed by atoms with van der Waals surface area (Å²) in [6, 6.07) is 13.2. The molecule has 0 spiro atoms. The van der Waals surface area contributed by atoms with E-state index in [2.05, 4.69) is 23.3 Å². The molecule has 0 saturated heterocycles. The molecule has 2 N–H and O–H groups in total. The highest BCUT2D eigenvalue weighted by Gasteiger charge is 2.42. The number of carbonyl (C=O) groups is 3. The zero-order valence-electron chi connectivity index (χ0n) is 21.7. The number of thiol groups is 1. The third-order valence-electron chi connectivity index (χ3n) is 6.31. The molecule has 0 bridgehead atoms. The topological polar surface area (TPSA) is 87.7 Å². The van der Waals surface area contributed by atoms with Gasteiger partial charge in [0.25, 0.3) is 5.91 Å². The fraction of sp³-hybridized carbons (Fsp3) is 0.464. The maximum Gasteiger partial charge on any atom is 0.408 e. The lowest BCUT2D eigenvalue weighted by molar-refractivity contribution is -0.145. The summed E-state index contributed by atoms with van der Waals surface area (Å²) in [5.74, 6) is -0.580. The average Bonchev–Trinajstić information content (AvgIpc) is 2.77. The molecule has 3 amide bonds. The smallest absolute Gasteiger partial charge is 0.408 e. The molecule has 194 valence electrons. The van der Waals surface area contributed by atoms with E-state index in [1.54, 1.807) is 25.7 Å². The summed E-state index contributed by atoms with van der Waals surface area (Å²) in [4.78, 5) is 42.0. The van der Waals surface area contributed by atoms with Crippen LogP contribution >= 0.6 is 12.6 Å². The largest absolute Gasteiger partial charge is 0.444 e. The first-order valence-electron chi connectivity index (χ1n) is 12.4. The van der Waals surface area contributed by atoms with Gasteiger partial charge in [0.1, 0.15) is 17.7 Å². The average molecular weight is 512 g/mol. The van der Waals surface area contributed by atoms with Gasteiger partial charge in [-0.05, 0) is 76.6 Å². The highest BCUT2D eigenvalue weighted by Crippen LogP contribution is 2.35. The van der Waals surface area contributed by atoms with Gasteiger partial charge >= 0.3 is 6.09 Å². The minimum atomic E-state index is -0.943. The zero-order valence-corrected chi connectivity index (χ0v) is 22.6. The van der Waals surface area contributed by atoms with Crippen molar-refractivity contribution in [2.24, 2.45) is 0 Å². The fourth-order valence-corrected chi connectivity index (χ4v) is 4.47. The van der Waals surface area contributed by atoms with E-state index in [0.29, 0.717) is 5.69 Å². The van der Waals surface area contributed by atoms with Crippen LogP contribution in [0, 0.1) is 13.8 Å². The Bertz CT molecular complexity index is 1090. The normalized spacial score (nSPS) is 15.3. The third kappa shape index (κ3) is 6.81. The van der Waals surface area contributed by atoms with Gasteiger partial charge in [-0.2, -0.15) is 12.6 Å². The second-order valence-corrected chi connectivity index (χ2v) is 10.6. The molecule has 0 aliphatic heterocycles. The van der Waals surface area contributed by atoms with Crippen LogP contribution in [0.3, 0.4) is 0 Å². The summed E-state index contributed by atoms with van der Waals surface area (Å²) >= 11 is 4.35. The maximum absolute atomic E-state index is 14.0. The number of nitrogens with one attached hydrogen (secondary N) is 2. The molecule has 2 atom stereocenters. The number of hydrogen-bond donors (Lipinski definition) is 3. The van der Waals surface area contributed by atoms with Crippen molar-refractivity contribution in [1.29, 1.82) is 0 Å². The number of alkyl carbamates (subject to hydrolysis) is 1. The van der Waals surface area contributed by atoms with E-state index in [4.69, 9.17) is 4.74 Å². The summed E-state index contributed by atoms with van der Waals surface area (Å²) in [5, 5.41) is 5.70. The molecule has 2 aromatic rings. The van der Waals surface area contributed by atoms with Gasteiger partial charge in [-0.3, -0.25) is 9.59 Å². The van der Waals surface area contributed by atoms with Crippen LogP contribution in [0.25, 0.3) is 0 Å². The highest BCUT2D eigenvalue weighted by molar-refractivity contribution is 7.80. The van der Waals surface area contributed by atoms with E-state index in [1.807, 2.05) is 62.4 Å². The number of para-hydroxylation sites is 1. The Morgan fingerprint density at radius 3 is 2.17 bits per heavy atom. The number of amides is 3. The van der Waals surface area contributed by atoms with Crippen molar-refractivity contribution in [3.63, 3.8) is 0 Å². The molecule has 2 aromatic carbocycles. The van der Waals surface area contributed by atoms with Gasteiger partial charge in [0.2, 0.25) is 5.91 Å². The molecule has 1 aliphatic rings. The molecule has 3 rings (SSSR count). The SMILES string of the molecule is Cc1ccccc1NC(=O)C(c1ccccc1C)N(C(=O)C(CS)NC(=O)OC(C)(C)C)C1CCC1. The number of benzene rings is 2. The molecule has 7 nitrogen and oxygen atoms in total. The highest BCUT2D eigenvalue weighted by atomic mass is 32.1. The van der Waals surface area contributed by atoms with Crippen LogP contribution in [0.1, 0.15) is 62.8 Å². The number of ether oxygens (including phenoxy) is 1. The maximum atomic E-state index is 14.0. The van der Waals surface area contributed by atoms with Gasteiger partial charge in [0.15, 0.2) is 0 Å². The van der Waals surface area contributed by atoms with Crippen LogP contribution in [0.5, 0.6) is 0 Å². The predicted octanol–water partition coefficient (Wildman–Crippen LogP) is 5.19. The summed E-state index contributed by atoms with van der Waals surface area (Å²) in [7, 11) is 0. The first-order valence-corrected chi connectivity index (χ1v) is 13.0. The van der Waals surface area contributed by atoms with E-state index in [0.717, 1.165) is 36.0 Å². The molecule has 36 heavy (non-hydrogen) atoms. The Kier molecular flexibility index (Phi) is 9.06. The lowest BCUT2D eigenvalue weighted by Crippen LogP contribution is -2.57. The van der Waals surface area contributed by atoms with Gasteiger partial charge in [-0.25, -0.2) is 4.79 Å². The van der Waals surface area contributed by atoms with E-state index in [9.17, 15) is 14.4 Å². The second-order valence-electron chi connectivity index (χ2n) is 10.3. The van der Waals surface area contributed by atoms with Crippen LogP contribution in [-0.2, 0) is 14.3 Å². The van der Waals surface area contributed by atoms with Crippen LogP contribution in [0.4, 0.5) is 10.5 Å². The molecule has 1 aliphatic carbocycles. The molecule has 0 radical (unpaired) electrons. The quantitative estimate of drug-likeness (QED) is 0.426. The van der Waals surface area contributed by atoms with E-state index in [1.165, 1.54) is 0 Å². The van der Waals surface area contributed by atoms with Gasteiger partial charge < -0.3 is 20.3 Å². The molecule has 0 aromatic heterocycles. The van der Waals surface area contributed by atoms with E-state index < -0.39 is 23.8 Å². The van der Waals surface area contributed by atoms with Crippen LogP contribution in [0.15, 0.2) is 48.5 Å². The van der Waals surface area contributed by atoms with Crippen LogP contribution < -0.4 is 10.6 Å². The van der Waals surface area contributed by atoms with Crippen molar-refractivity contribution in [1.82, 2.24) is 10.2 Å². The van der Waals surface area contributed by atoms with Crippen molar-refractivity contribution in [2.75, 3.05) is 11.1 Å². The molecule has 1 fully saturated rings. The lowest BCUT2D eigenvalue weighted by Gasteiger charge is -2.43. The van der Waals surface area contributed by atoms with Gasteiger partial charge in [0.05, 0.1) is 0 Å². The predicted molar refractivity (Wildman–Crippen MR) is 145 cm³/mol. The molecule has 1 saturated carbocycles. The first-order chi connectivity index (χ1) is 17.0. The molecular weight excluding hydrogens is 474 g/mol. The Balaban J connectivity index is 1.99. The van der Waals surface area contributed by atoms with Crippen molar-refractivity contribution >= 4 is 36.2 Å². The minimum Gasteiger partial charge on any atom is -0.444 e. The number of hydrogen-bond acceptors (Lipinski definition) is 5. The molecule has 0 heterocycles. The van der Waals surface area contributed by atoms with Crippen molar-refractivity contribution in [3.05, 3.63) is 65.2 Å². The van der Waals surface area contributed by atoms with Crippen molar-refractivity contribution < 1.29 is 19.1 Å². The number of carbonyl (C=O) groups excluding carboxylic acids is 3. The number of rotatable bonds is 8. The van der Waals surface area contributed by atoms with E-state index >= 15 is 0 Å². The summed E-state index contributed by atoms with van der Waals surface area (Å²) in [5.41, 5.74) is 2.57. The Labute approximate surface area is 219 Å². The van der Waals surface area contributed by atoms with Gasteiger partial charge in [-0.15, -0.1) is 0 Å². The third-order valence-corrected chi connectivity index (χ3v) is 6.67. The van der Waals surface area contributed by atoms with Crippen molar-refractivity contribution in [2.45, 2.75) is 77.6 Å². The Morgan fingerprint density at radius 1 is 1.03 bits per heavy atom. The van der Waals surface area contributed by atoms with Crippen LogP contribution in [-0.4, -0.2) is 46.2 Å². The number of anilines is 1. The second kappa shape index (κ2) is 11.8. The van der Waals surface area contributed by atoms with Crippen molar-refractivity contribution in [3.8, 4) is 0 Å². The van der Waals surface area contributed by atoms with Gasteiger partial charge in [-0.1, -0.05) is 42.5 Å². The number of aryl methyl sites for hydroxylation is 2. The monoisotopic (exact) mass is 511 g/mol. The Morgan fingerprint density at radius 2 is 1.64 bits per heavy atom. The molecule has 8 heteroatoms. The van der Waals surface area contributed by atoms with E-state index in [-0.39, 0.29) is 23.6 Å².